The zero-order valence-corrected chi connectivity index (χ0v) is 12.7. The van der Waals surface area contributed by atoms with Gasteiger partial charge >= 0.3 is 0 Å². The lowest BCUT2D eigenvalue weighted by atomic mass is 9.92. The molecule has 0 radical (unpaired) electrons. The number of nitrogens with zero attached hydrogens (tertiary/aromatic N) is 1. The van der Waals surface area contributed by atoms with Crippen LogP contribution in [-0.2, 0) is 5.41 Å². The number of aromatic amines is 1. The van der Waals surface area contributed by atoms with Gasteiger partial charge in [-0.1, -0.05) is 47.0 Å². The number of aromatic nitrogens is 2. The smallest absolute Gasteiger partial charge is 0.177 e. The van der Waals surface area contributed by atoms with E-state index < -0.39 is 0 Å². The Hall–Kier alpha value is -0.570. The first kappa shape index (κ1) is 14.5. The Morgan fingerprint density at radius 1 is 1.35 bits per heavy atom. The van der Waals surface area contributed by atoms with Gasteiger partial charge in [0.05, 0.1) is 0 Å². The van der Waals surface area contributed by atoms with Gasteiger partial charge in [0.2, 0.25) is 0 Å². The summed E-state index contributed by atoms with van der Waals surface area (Å²) in [7, 11) is 0. The molecular formula is C14H26N2S. The minimum atomic E-state index is 0.145. The van der Waals surface area contributed by atoms with Gasteiger partial charge in [-0.25, -0.2) is 0 Å². The van der Waals surface area contributed by atoms with Crippen molar-refractivity contribution in [1.82, 2.24) is 9.55 Å². The molecule has 1 aromatic heterocycles. The van der Waals surface area contributed by atoms with Crippen molar-refractivity contribution in [2.75, 3.05) is 0 Å². The van der Waals surface area contributed by atoms with Crippen molar-refractivity contribution in [1.29, 1.82) is 0 Å². The highest BCUT2D eigenvalue weighted by Crippen LogP contribution is 2.27. The second-order valence-electron chi connectivity index (χ2n) is 5.94. The molecule has 0 aliphatic carbocycles. The summed E-state index contributed by atoms with van der Waals surface area (Å²) in [4.78, 5) is 3.19. The molecule has 0 spiro atoms. The number of hydrogen-bond acceptors (Lipinski definition) is 1. The number of nitrogens with one attached hydrogen (secondary N) is 1. The highest BCUT2D eigenvalue weighted by molar-refractivity contribution is 7.71. The molecule has 3 heteroatoms. The second kappa shape index (κ2) is 5.85. The molecule has 1 aromatic rings. The molecule has 0 saturated heterocycles. The minimum absolute atomic E-state index is 0.145. The van der Waals surface area contributed by atoms with Crippen molar-refractivity contribution >= 4 is 12.2 Å². The summed E-state index contributed by atoms with van der Waals surface area (Å²) >= 11 is 5.40. The molecule has 0 aromatic carbocycles. The monoisotopic (exact) mass is 254 g/mol. The number of imidazole rings is 1. The fraction of sp³-hybridized carbons (Fsp3) is 0.786. The van der Waals surface area contributed by atoms with Crippen molar-refractivity contribution in [3.8, 4) is 0 Å². The van der Waals surface area contributed by atoms with E-state index in [0.717, 1.165) is 4.77 Å². The van der Waals surface area contributed by atoms with Gasteiger partial charge in [-0.15, -0.1) is 0 Å². The third-order valence-electron chi connectivity index (χ3n) is 3.25. The molecule has 0 amide bonds. The summed E-state index contributed by atoms with van der Waals surface area (Å²) in [5.74, 6) is 0. The predicted octanol–water partition coefficient (Wildman–Crippen LogP) is 4.98. The normalized spacial score (nSPS) is 13.9. The van der Waals surface area contributed by atoms with E-state index in [0.29, 0.717) is 6.04 Å². The van der Waals surface area contributed by atoms with Gasteiger partial charge in [-0.3, -0.25) is 0 Å². The van der Waals surface area contributed by atoms with E-state index in [1.807, 2.05) is 0 Å². The van der Waals surface area contributed by atoms with Crippen LogP contribution in [0.15, 0.2) is 6.20 Å². The third kappa shape index (κ3) is 3.70. The predicted molar refractivity (Wildman–Crippen MR) is 77.2 cm³/mol. The summed E-state index contributed by atoms with van der Waals surface area (Å²) in [5.41, 5.74) is 1.46. The van der Waals surface area contributed by atoms with Crippen LogP contribution in [0.3, 0.4) is 0 Å². The SMILES string of the molecule is CCCCCC(C)n1c(C(C)(C)C)c[nH]c1=S. The lowest BCUT2D eigenvalue weighted by molar-refractivity contribution is 0.426. The molecule has 17 heavy (non-hydrogen) atoms. The molecule has 1 unspecified atom stereocenters. The van der Waals surface area contributed by atoms with Crippen LogP contribution < -0.4 is 0 Å². The quantitative estimate of drug-likeness (QED) is 0.580. The van der Waals surface area contributed by atoms with E-state index in [9.17, 15) is 0 Å². The van der Waals surface area contributed by atoms with E-state index in [1.165, 1.54) is 31.4 Å². The van der Waals surface area contributed by atoms with E-state index >= 15 is 0 Å². The van der Waals surface area contributed by atoms with Crippen molar-refractivity contribution in [3.63, 3.8) is 0 Å². The Labute approximate surface area is 110 Å². The third-order valence-corrected chi connectivity index (χ3v) is 3.56. The Bertz CT molecular complexity index is 395. The van der Waals surface area contributed by atoms with E-state index in [-0.39, 0.29) is 5.41 Å². The maximum atomic E-state index is 5.40. The van der Waals surface area contributed by atoms with E-state index in [2.05, 4.69) is 50.4 Å². The van der Waals surface area contributed by atoms with Gasteiger partial charge in [0.1, 0.15) is 0 Å². The van der Waals surface area contributed by atoms with Crippen LogP contribution in [0.25, 0.3) is 0 Å². The zero-order valence-electron chi connectivity index (χ0n) is 11.8. The van der Waals surface area contributed by atoms with Crippen molar-refractivity contribution < 1.29 is 0 Å². The molecule has 0 bridgehead atoms. The van der Waals surface area contributed by atoms with Crippen molar-refractivity contribution in [3.05, 3.63) is 16.7 Å². The van der Waals surface area contributed by atoms with Crippen LogP contribution in [-0.4, -0.2) is 9.55 Å². The lowest BCUT2D eigenvalue weighted by Gasteiger charge is -2.24. The van der Waals surface area contributed by atoms with Crippen LogP contribution >= 0.6 is 12.2 Å². The highest BCUT2D eigenvalue weighted by Gasteiger charge is 2.21. The van der Waals surface area contributed by atoms with Gasteiger partial charge in [0.25, 0.3) is 0 Å². The van der Waals surface area contributed by atoms with Crippen molar-refractivity contribution in [2.45, 2.75) is 71.8 Å². The maximum Gasteiger partial charge on any atom is 0.177 e. The number of rotatable bonds is 5. The average molecular weight is 254 g/mol. The molecule has 1 atom stereocenters. The number of hydrogen-bond donors (Lipinski definition) is 1. The molecule has 1 heterocycles. The zero-order chi connectivity index (χ0) is 13.1. The Kier molecular flexibility index (Phi) is 4.99. The summed E-state index contributed by atoms with van der Waals surface area (Å²) in [6.45, 7) is 11.2. The summed E-state index contributed by atoms with van der Waals surface area (Å²) in [6, 6.07) is 0.495. The molecular weight excluding hydrogens is 228 g/mol. The maximum absolute atomic E-state index is 5.40. The van der Waals surface area contributed by atoms with Crippen LogP contribution in [0.5, 0.6) is 0 Å². The minimum Gasteiger partial charge on any atom is -0.337 e. The highest BCUT2D eigenvalue weighted by atomic mass is 32.1. The molecule has 1 N–H and O–H groups in total. The fourth-order valence-corrected chi connectivity index (χ4v) is 2.55. The fourth-order valence-electron chi connectivity index (χ4n) is 2.21. The van der Waals surface area contributed by atoms with Crippen LogP contribution in [0, 0.1) is 4.77 Å². The van der Waals surface area contributed by atoms with E-state index in [1.54, 1.807) is 0 Å². The average Bonchev–Trinajstić information content (AvgIpc) is 2.60. The molecule has 0 fully saturated rings. The molecule has 0 aliphatic rings. The lowest BCUT2D eigenvalue weighted by Crippen LogP contribution is -2.20. The summed E-state index contributed by atoms with van der Waals surface area (Å²) in [6.07, 6.45) is 7.15. The van der Waals surface area contributed by atoms with Gasteiger partial charge < -0.3 is 9.55 Å². The van der Waals surface area contributed by atoms with Gasteiger partial charge in [0.15, 0.2) is 4.77 Å². The first-order valence-corrected chi connectivity index (χ1v) is 7.09. The standard InChI is InChI=1S/C14H26N2S/c1-6-7-8-9-11(2)16-12(14(3,4)5)10-15-13(16)17/h10-11H,6-9H2,1-5H3,(H,15,17). The van der Waals surface area contributed by atoms with Gasteiger partial charge in [-0.05, 0) is 25.6 Å². The largest absolute Gasteiger partial charge is 0.337 e. The Balaban J connectivity index is 2.89. The molecule has 0 aliphatic heterocycles. The van der Waals surface area contributed by atoms with Gasteiger partial charge in [0, 0.05) is 23.3 Å². The van der Waals surface area contributed by atoms with E-state index in [4.69, 9.17) is 12.2 Å². The Morgan fingerprint density at radius 3 is 2.53 bits per heavy atom. The van der Waals surface area contributed by atoms with Crippen LogP contribution in [0.1, 0.15) is 72.0 Å². The second-order valence-corrected chi connectivity index (χ2v) is 6.33. The number of H-pyrrole nitrogens is 1. The van der Waals surface area contributed by atoms with Crippen LogP contribution in [0.4, 0.5) is 0 Å². The van der Waals surface area contributed by atoms with Crippen molar-refractivity contribution in [2.24, 2.45) is 0 Å². The summed E-state index contributed by atoms with van der Waals surface area (Å²) in [5, 5.41) is 0. The van der Waals surface area contributed by atoms with Crippen LogP contribution in [0.2, 0.25) is 0 Å². The van der Waals surface area contributed by atoms with Gasteiger partial charge in [-0.2, -0.15) is 0 Å². The molecule has 0 saturated carbocycles. The molecule has 2 nitrogen and oxygen atoms in total. The molecule has 98 valence electrons. The topological polar surface area (TPSA) is 20.7 Å². The number of unbranched alkanes of at least 4 members (excludes halogenated alkanes) is 2. The first-order valence-electron chi connectivity index (χ1n) is 6.68. The Morgan fingerprint density at radius 2 is 2.00 bits per heavy atom. The first-order chi connectivity index (χ1) is 7.88. The molecule has 1 rings (SSSR count). The summed E-state index contributed by atoms with van der Waals surface area (Å²) < 4.78 is 3.16.